The minimum atomic E-state index is -1.62. The molecule has 1 unspecified atom stereocenters. The lowest BCUT2D eigenvalue weighted by atomic mass is 10.3. The lowest BCUT2D eigenvalue weighted by molar-refractivity contribution is -0.148. The monoisotopic (exact) mass is 234 g/mol. The molecule has 0 aromatic rings. The van der Waals surface area contributed by atoms with Crippen molar-refractivity contribution < 1.29 is 14.1 Å². The van der Waals surface area contributed by atoms with Crippen LogP contribution in [0, 0.1) is 0 Å². The summed E-state index contributed by atoms with van der Waals surface area (Å²) in [5.74, 6) is -0.363. The summed E-state index contributed by atoms with van der Waals surface area (Å²) in [5, 5.41) is 2.41. The van der Waals surface area contributed by atoms with Gasteiger partial charge in [0.05, 0.1) is 6.10 Å². The van der Waals surface area contributed by atoms with Gasteiger partial charge in [0.25, 0.3) is 0 Å². The third-order valence-electron chi connectivity index (χ3n) is 1.63. The van der Waals surface area contributed by atoms with Crippen LogP contribution in [-0.2, 0) is 14.1 Å². The Kier molecular flexibility index (Phi) is 5.39. The van der Waals surface area contributed by atoms with Crippen LogP contribution in [0.3, 0.4) is 0 Å². The molecule has 0 saturated carbocycles. The summed E-state index contributed by atoms with van der Waals surface area (Å²) in [5.41, 5.74) is 0. The van der Waals surface area contributed by atoms with Crippen molar-refractivity contribution in [1.82, 2.24) is 5.09 Å². The highest BCUT2D eigenvalue weighted by atomic mass is 31.1. The van der Waals surface area contributed by atoms with Crippen LogP contribution < -0.4 is 5.09 Å². The largest absolute Gasteiger partial charge is 0.462 e. The predicted octanol–water partition coefficient (Wildman–Crippen LogP) is 2.46. The predicted molar refractivity (Wildman–Crippen MR) is 61.2 cm³/mol. The maximum Gasteiger partial charge on any atom is 0.438 e. The lowest BCUT2D eigenvalue weighted by Crippen LogP contribution is -2.35. The normalized spacial score (nSPS) is 15.0. The molecule has 5 heteroatoms. The molecular weight excluding hydrogens is 213 g/mol. The van der Waals surface area contributed by atoms with E-state index in [1.165, 1.54) is 0 Å². The highest BCUT2D eigenvalue weighted by Gasteiger charge is 2.37. The minimum Gasteiger partial charge on any atom is -0.462 e. The molecule has 88 valence electrons. The molecule has 0 aliphatic carbocycles. The van der Waals surface area contributed by atoms with Gasteiger partial charge in [-0.15, -0.1) is 0 Å². The quantitative estimate of drug-likeness (QED) is 0.599. The number of hydrogen-bond acceptors (Lipinski definition) is 3. The fourth-order valence-electron chi connectivity index (χ4n) is 0.757. The zero-order chi connectivity index (χ0) is 12.2. The van der Waals surface area contributed by atoms with Crippen molar-refractivity contribution in [2.24, 2.45) is 0 Å². The van der Waals surface area contributed by atoms with Gasteiger partial charge in [-0.05, 0) is 46.1 Å². The Balaban J connectivity index is 4.20. The van der Waals surface area contributed by atoms with Gasteiger partial charge < -0.3 is 4.74 Å². The molecule has 0 amide bonds. The van der Waals surface area contributed by atoms with Crippen LogP contribution in [0.25, 0.3) is 0 Å². The zero-order valence-electron chi connectivity index (χ0n) is 10.3. The van der Waals surface area contributed by atoms with Crippen molar-refractivity contribution in [1.29, 1.82) is 0 Å². The first-order chi connectivity index (χ1) is 6.64. The number of carbonyl (C=O) groups is 1. The highest BCUT2D eigenvalue weighted by molar-refractivity contribution is 7.44. The summed E-state index contributed by atoms with van der Waals surface area (Å²) in [7, 11) is -1.62. The van der Waals surface area contributed by atoms with Crippen LogP contribution in [-0.4, -0.2) is 23.3 Å². The Morgan fingerprint density at radius 1 is 1.27 bits per heavy atom. The minimum absolute atomic E-state index is 0.144. The molecule has 1 N–H and O–H groups in total. The Bertz CT molecular complexity index is 246. The summed E-state index contributed by atoms with van der Waals surface area (Å²) in [6.45, 7) is 10.8. The van der Waals surface area contributed by atoms with E-state index < -0.39 is 14.0 Å². The molecule has 0 aromatic carbocycles. The van der Waals surface area contributed by atoms with E-state index in [1.54, 1.807) is 20.8 Å². The second kappa shape index (κ2) is 5.57. The van der Waals surface area contributed by atoms with Gasteiger partial charge in [-0.25, -0.2) is 0 Å². The zero-order valence-corrected chi connectivity index (χ0v) is 11.2. The van der Waals surface area contributed by atoms with Crippen LogP contribution in [0.4, 0.5) is 0 Å². The molecule has 2 atom stereocenters. The number of rotatable bonds is 4. The molecule has 0 fully saturated rings. The molecule has 0 bridgehead atoms. The number of nitrogens with one attached hydrogen (secondary N) is 1. The van der Waals surface area contributed by atoms with E-state index in [9.17, 15) is 9.36 Å². The van der Waals surface area contributed by atoms with Crippen LogP contribution in [0.5, 0.6) is 0 Å². The average molecular weight is 234 g/mol. The molecule has 0 saturated heterocycles. The standard InChI is InChI=1S/C10H21NO3P/c1-7(2)14-9(12)8(3)11-15(13)10(4,5)6/h7-8H,1-6H3,(H,11,13)/q+1/t8-/m1/s1. The Morgan fingerprint density at radius 3 is 2.07 bits per heavy atom. The van der Waals surface area contributed by atoms with Gasteiger partial charge >= 0.3 is 13.9 Å². The van der Waals surface area contributed by atoms with E-state index in [0.29, 0.717) is 0 Å². The topological polar surface area (TPSA) is 55.4 Å². The first kappa shape index (κ1) is 14.5. The van der Waals surface area contributed by atoms with E-state index >= 15 is 0 Å². The molecule has 0 aromatic heterocycles. The SMILES string of the molecule is CC(C)OC(=O)[C@@H](C)N[P+](=O)C(C)(C)C. The Hall–Kier alpha value is -0.470. The fraction of sp³-hybridized carbons (Fsp3) is 0.900. The molecule has 0 radical (unpaired) electrons. The van der Waals surface area contributed by atoms with E-state index in [0.717, 1.165) is 0 Å². The maximum atomic E-state index is 11.7. The number of hydrogen-bond donors (Lipinski definition) is 1. The second-order valence-corrected chi connectivity index (χ2v) is 6.99. The lowest BCUT2D eigenvalue weighted by Gasteiger charge is -2.13. The van der Waals surface area contributed by atoms with Crippen molar-refractivity contribution in [3.8, 4) is 0 Å². The van der Waals surface area contributed by atoms with Crippen molar-refractivity contribution in [3.05, 3.63) is 0 Å². The van der Waals surface area contributed by atoms with E-state index in [2.05, 4.69) is 5.09 Å². The van der Waals surface area contributed by atoms with Crippen molar-refractivity contribution in [2.45, 2.75) is 58.8 Å². The summed E-state index contributed by atoms with van der Waals surface area (Å²) in [6, 6.07) is -0.532. The second-order valence-electron chi connectivity index (χ2n) is 4.80. The van der Waals surface area contributed by atoms with Crippen molar-refractivity contribution in [2.75, 3.05) is 0 Å². The van der Waals surface area contributed by atoms with Crippen LogP contribution in [0.2, 0.25) is 0 Å². The molecule has 0 aliphatic heterocycles. The summed E-state index contributed by atoms with van der Waals surface area (Å²) >= 11 is 0. The first-order valence-corrected chi connectivity index (χ1v) is 6.34. The molecule has 0 spiro atoms. The third kappa shape index (κ3) is 5.85. The van der Waals surface area contributed by atoms with Crippen LogP contribution in [0.1, 0.15) is 41.5 Å². The Labute approximate surface area is 92.6 Å². The summed E-state index contributed by atoms with van der Waals surface area (Å²) < 4.78 is 16.7. The van der Waals surface area contributed by atoms with Gasteiger partial charge in [0.2, 0.25) is 0 Å². The van der Waals surface area contributed by atoms with Gasteiger partial charge in [-0.3, -0.25) is 4.79 Å². The average Bonchev–Trinajstić information content (AvgIpc) is 2.00. The molecule has 0 aliphatic rings. The molecule has 4 nitrogen and oxygen atoms in total. The van der Waals surface area contributed by atoms with E-state index in [4.69, 9.17) is 4.74 Å². The summed E-state index contributed by atoms with van der Waals surface area (Å²) in [4.78, 5) is 11.4. The van der Waals surface area contributed by atoms with Crippen molar-refractivity contribution >= 4 is 13.9 Å². The summed E-state index contributed by atoms with van der Waals surface area (Å²) in [6.07, 6.45) is -0.144. The molecule has 0 rings (SSSR count). The van der Waals surface area contributed by atoms with Gasteiger partial charge in [0.1, 0.15) is 6.04 Å². The third-order valence-corrected chi connectivity index (χ3v) is 3.47. The molecule has 15 heavy (non-hydrogen) atoms. The van der Waals surface area contributed by atoms with E-state index in [1.807, 2.05) is 20.8 Å². The number of ether oxygens (including phenoxy) is 1. The Morgan fingerprint density at radius 2 is 1.73 bits per heavy atom. The number of esters is 1. The molecular formula is C10H21NO3P+. The van der Waals surface area contributed by atoms with Crippen LogP contribution >= 0.6 is 7.95 Å². The van der Waals surface area contributed by atoms with Gasteiger partial charge in [0, 0.05) is 0 Å². The molecule has 0 heterocycles. The highest BCUT2D eigenvalue weighted by Crippen LogP contribution is 2.34. The van der Waals surface area contributed by atoms with Crippen LogP contribution in [0.15, 0.2) is 0 Å². The smallest absolute Gasteiger partial charge is 0.438 e. The van der Waals surface area contributed by atoms with E-state index in [-0.39, 0.29) is 17.2 Å². The maximum absolute atomic E-state index is 11.7. The van der Waals surface area contributed by atoms with Gasteiger partial charge in [-0.1, -0.05) is 5.09 Å². The van der Waals surface area contributed by atoms with Crippen molar-refractivity contribution in [3.63, 3.8) is 0 Å². The van der Waals surface area contributed by atoms with Gasteiger partial charge in [-0.2, -0.15) is 0 Å². The van der Waals surface area contributed by atoms with Gasteiger partial charge in [0.15, 0.2) is 5.16 Å². The number of carbonyl (C=O) groups excluding carboxylic acids is 1. The first-order valence-electron chi connectivity index (χ1n) is 5.08. The fourth-order valence-corrected chi connectivity index (χ4v) is 1.60.